The van der Waals surface area contributed by atoms with Gasteiger partial charge in [-0.25, -0.2) is 4.68 Å². The highest BCUT2D eigenvalue weighted by Crippen LogP contribution is 2.22. The molecule has 138 valence electrons. The zero-order valence-electron chi connectivity index (χ0n) is 15.5. The van der Waals surface area contributed by atoms with Crippen LogP contribution in [-0.2, 0) is 6.54 Å². The second-order valence-electron chi connectivity index (χ2n) is 7.19. The molecule has 5 heteroatoms. The highest BCUT2D eigenvalue weighted by Gasteiger charge is 2.27. The van der Waals surface area contributed by atoms with E-state index in [9.17, 15) is 9.59 Å². The first kappa shape index (κ1) is 17.5. The lowest BCUT2D eigenvalue weighted by molar-refractivity contribution is 0.0629. The second kappa shape index (κ2) is 7.35. The summed E-state index contributed by atoms with van der Waals surface area (Å²) in [5.74, 6) is -0.0831. The second-order valence-corrected chi connectivity index (χ2v) is 7.19. The number of benzene rings is 2. The smallest absolute Gasteiger partial charge is 0.275 e. The van der Waals surface area contributed by atoms with Gasteiger partial charge in [0.15, 0.2) is 5.69 Å². The number of fused-ring (bicyclic) bond motifs is 1. The van der Waals surface area contributed by atoms with Crippen molar-refractivity contribution in [2.75, 3.05) is 6.54 Å². The number of likely N-dealkylation sites (tertiary alicyclic amines) is 1. The molecule has 0 aliphatic carbocycles. The lowest BCUT2D eigenvalue weighted by Crippen LogP contribution is -2.43. The van der Waals surface area contributed by atoms with Crippen LogP contribution >= 0.6 is 0 Å². The fourth-order valence-corrected chi connectivity index (χ4v) is 3.79. The van der Waals surface area contributed by atoms with Crippen molar-refractivity contribution in [3.05, 3.63) is 76.2 Å². The van der Waals surface area contributed by atoms with Crippen molar-refractivity contribution in [3.8, 4) is 0 Å². The first-order chi connectivity index (χ1) is 13.1. The van der Waals surface area contributed by atoms with E-state index in [0.29, 0.717) is 23.0 Å². The summed E-state index contributed by atoms with van der Waals surface area (Å²) in [4.78, 5) is 28.1. The predicted molar refractivity (Wildman–Crippen MR) is 106 cm³/mol. The molecule has 2 aromatic carbocycles. The summed E-state index contributed by atoms with van der Waals surface area (Å²) < 4.78 is 1.42. The van der Waals surface area contributed by atoms with E-state index in [1.54, 1.807) is 6.07 Å². The van der Waals surface area contributed by atoms with E-state index in [2.05, 4.69) is 12.0 Å². The Kier molecular flexibility index (Phi) is 4.75. The summed E-state index contributed by atoms with van der Waals surface area (Å²) in [6, 6.07) is 17.2. The maximum atomic E-state index is 13.3. The van der Waals surface area contributed by atoms with Crippen LogP contribution in [0.4, 0.5) is 0 Å². The van der Waals surface area contributed by atoms with E-state index in [4.69, 9.17) is 0 Å². The number of hydrogen-bond acceptors (Lipinski definition) is 3. The molecule has 1 fully saturated rings. The van der Waals surface area contributed by atoms with E-state index < -0.39 is 0 Å². The Morgan fingerprint density at radius 2 is 1.74 bits per heavy atom. The van der Waals surface area contributed by atoms with Gasteiger partial charge in [0.05, 0.1) is 11.9 Å². The van der Waals surface area contributed by atoms with Gasteiger partial charge in [0.25, 0.3) is 11.5 Å². The molecule has 27 heavy (non-hydrogen) atoms. The van der Waals surface area contributed by atoms with Crippen molar-refractivity contribution in [1.82, 2.24) is 14.7 Å². The summed E-state index contributed by atoms with van der Waals surface area (Å²) in [5, 5.41) is 5.69. The molecule has 1 aliphatic rings. The predicted octanol–water partition coefficient (Wildman–Crippen LogP) is 3.46. The van der Waals surface area contributed by atoms with Crippen LogP contribution in [0.1, 0.15) is 42.2 Å². The van der Waals surface area contributed by atoms with Crippen molar-refractivity contribution in [1.29, 1.82) is 0 Å². The molecule has 0 N–H and O–H groups in total. The van der Waals surface area contributed by atoms with Crippen LogP contribution in [0, 0.1) is 0 Å². The first-order valence-corrected chi connectivity index (χ1v) is 9.50. The molecular formula is C22H23N3O2. The van der Waals surface area contributed by atoms with Gasteiger partial charge in [-0.05, 0) is 37.8 Å². The first-order valence-electron chi connectivity index (χ1n) is 9.50. The quantitative estimate of drug-likeness (QED) is 0.718. The minimum absolute atomic E-state index is 0.0831. The van der Waals surface area contributed by atoms with Crippen molar-refractivity contribution >= 4 is 16.7 Å². The van der Waals surface area contributed by atoms with Crippen LogP contribution in [-0.4, -0.2) is 33.2 Å². The Morgan fingerprint density at radius 3 is 2.48 bits per heavy atom. The standard InChI is InChI=1S/C22H23N3O2/c1-16-9-7-8-14-24(16)22(27)20-18-12-5-6-13-19(18)21(26)25(23-20)15-17-10-3-2-4-11-17/h2-6,10-13,16H,7-9,14-15H2,1H3. The Balaban J connectivity index is 1.83. The van der Waals surface area contributed by atoms with Gasteiger partial charge < -0.3 is 4.90 Å². The third-order valence-electron chi connectivity index (χ3n) is 5.31. The van der Waals surface area contributed by atoms with Gasteiger partial charge in [-0.1, -0.05) is 48.5 Å². The summed E-state index contributed by atoms with van der Waals surface area (Å²) in [7, 11) is 0. The molecule has 0 spiro atoms. The molecule has 0 radical (unpaired) electrons. The Bertz CT molecular complexity index is 1030. The van der Waals surface area contributed by atoms with Crippen LogP contribution < -0.4 is 5.56 Å². The van der Waals surface area contributed by atoms with Gasteiger partial charge in [-0.3, -0.25) is 9.59 Å². The van der Waals surface area contributed by atoms with E-state index in [0.717, 1.165) is 31.4 Å². The Morgan fingerprint density at radius 1 is 1.04 bits per heavy atom. The molecule has 3 aromatic rings. The van der Waals surface area contributed by atoms with E-state index in [-0.39, 0.29) is 17.5 Å². The number of amides is 1. The van der Waals surface area contributed by atoms with Gasteiger partial charge >= 0.3 is 0 Å². The van der Waals surface area contributed by atoms with Crippen LogP contribution in [0.25, 0.3) is 10.8 Å². The fourth-order valence-electron chi connectivity index (χ4n) is 3.79. The van der Waals surface area contributed by atoms with Gasteiger partial charge in [0.1, 0.15) is 0 Å². The molecule has 0 bridgehead atoms. The molecule has 1 unspecified atom stereocenters. The van der Waals surface area contributed by atoms with Gasteiger partial charge in [-0.15, -0.1) is 0 Å². The van der Waals surface area contributed by atoms with Crippen LogP contribution in [0.2, 0.25) is 0 Å². The Labute approximate surface area is 158 Å². The normalized spacial score (nSPS) is 17.2. The summed E-state index contributed by atoms with van der Waals surface area (Å²) >= 11 is 0. The molecule has 1 saturated heterocycles. The van der Waals surface area contributed by atoms with E-state index in [1.165, 1.54) is 4.68 Å². The maximum absolute atomic E-state index is 13.3. The van der Waals surface area contributed by atoms with Crippen LogP contribution in [0.5, 0.6) is 0 Å². The largest absolute Gasteiger partial charge is 0.335 e. The number of piperidine rings is 1. The minimum Gasteiger partial charge on any atom is -0.335 e. The van der Waals surface area contributed by atoms with Crippen molar-refractivity contribution < 1.29 is 4.79 Å². The van der Waals surface area contributed by atoms with Gasteiger partial charge in [0, 0.05) is 18.0 Å². The van der Waals surface area contributed by atoms with Gasteiger partial charge in [-0.2, -0.15) is 5.10 Å². The van der Waals surface area contributed by atoms with Crippen LogP contribution in [0.15, 0.2) is 59.4 Å². The third-order valence-corrected chi connectivity index (χ3v) is 5.31. The molecule has 1 atom stereocenters. The van der Waals surface area contributed by atoms with Crippen molar-refractivity contribution in [3.63, 3.8) is 0 Å². The summed E-state index contributed by atoms with van der Waals surface area (Å²) in [6.07, 6.45) is 3.16. The number of carbonyl (C=O) groups excluding carboxylic acids is 1. The minimum atomic E-state index is -0.169. The fraction of sp³-hybridized carbons (Fsp3) is 0.318. The molecular weight excluding hydrogens is 338 g/mol. The molecule has 1 amide bonds. The molecule has 2 heterocycles. The highest BCUT2D eigenvalue weighted by atomic mass is 16.2. The van der Waals surface area contributed by atoms with E-state index >= 15 is 0 Å². The SMILES string of the molecule is CC1CCCCN1C(=O)c1nn(Cc2ccccc2)c(=O)c2ccccc12. The lowest BCUT2D eigenvalue weighted by atomic mass is 10.0. The third kappa shape index (κ3) is 3.37. The average molecular weight is 361 g/mol. The molecule has 4 rings (SSSR count). The monoisotopic (exact) mass is 361 g/mol. The van der Waals surface area contributed by atoms with Crippen LogP contribution in [0.3, 0.4) is 0 Å². The van der Waals surface area contributed by atoms with Gasteiger partial charge in [0.2, 0.25) is 0 Å². The molecule has 5 nitrogen and oxygen atoms in total. The Hall–Kier alpha value is -2.95. The molecule has 1 aliphatic heterocycles. The molecule has 0 saturated carbocycles. The zero-order chi connectivity index (χ0) is 18.8. The number of rotatable bonds is 3. The average Bonchev–Trinajstić information content (AvgIpc) is 2.71. The summed E-state index contributed by atoms with van der Waals surface area (Å²) in [6.45, 7) is 3.17. The van der Waals surface area contributed by atoms with Crippen molar-refractivity contribution in [2.24, 2.45) is 0 Å². The lowest BCUT2D eigenvalue weighted by Gasteiger charge is -2.33. The number of hydrogen-bond donors (Lipinski definition) is 0. The highest BCUT2D eigenvalue weighted by molar-refractivity contribution is 6.04. The van der Waals surface area contributed by atoms with Crippen molar-refractivity contribution in [2.45, 2.75) is 38.8 Å². The summed E-state index contributed by atoms with van der Waals surface area (Å²) in [5.41, 5.74) is 1.18. The number of nitrogens with zero attached hydrogens (tertiary/aromatic N) is 3. The number of carbonyl (C=O) groups is 1. The van der Waals surface area contributed by atoms with E-state index in [1.807, 2.05) is 53.4 Å². The zero-order valence-corrected chi connectivity index (χ0v) is 15.5. The number of aromatic nitrogens is 2. The topological polar surface area (TPSA) is 55.2 Å². The molecule has 1 aromatic heterocycles. The maximum Gasteiger partial charge on any atom is 0.275 e.